The van der Waals surface area contributed by atoms with Gasteiger partial charge in [-0.2, -0.15) is 0 Å². The summed E-state index contributed by atoms with van der Waals surface area (Å²) < 4.78 is 25.9. The molecule has 0 amide bonds. The molecule has 3 saturated carbocycles. The number of aliphatic hydroxyl groups excluding tert-OH is 2. The molecule has 1 aliphatic heterocycles. The van der Waals surface area contributed by atoms with E-state index in [1.54, 1.807) is 5.57 Å². The van der Waals surface area contributed by atoms with E-state index in [2.05, 4.69) is 30.9 Å². The topological polar surface area (TPSA) is 43.7 Å². The van der Waals surface area contributed by atoms with Gasteiger partial charge in [0.15, 0.2) is 0 Å². The van der Waals surface area contributed by atoms with Crippen molar-refractivity contribution in [3.8, 4) is 0 Å². The fourth-order valence-corrected chi connectivity index (χ4v) is 7.85. The highest BCUT2D eigenvalue weighted by molar-refractivity contribution is 5.26. The van der Waals surface area contributed by atoms with Crippen molar-refractivity contribution in [2.45, 2.75) is 103 Å². The van der Waals surface area contributed by atoms with Crippen LogP contribution in [0.4, 0.5) is 8.78 Å². The SMILES string of the molecule is CC(CCCN1CC[C@H](C(F)F)C1)[C@H]1CC[C@H]2/C(=C/C=C3C[C@@H](O)C[C@H](O)C3)CCC[C@]12C. The summed E-state index contributed by atoms with van der Waals surface area (Å²) in [5.74, 6) is 1.65. The Morgan fingerprint density at radius 2 is 1.88 bits per heavy atom. The molecular formula is C28H45F2NO2. The first-order valence-corrected chi connectivity index (χ1v) is 13.5. The van der Waals surface area contributed by atoms with Gasteiger partial charge in [0.1, 0.15) is 0 Å². The summed E-state index contributed by atoms with van der Waals surface area (Å²) in [6.45, 7) is 7.33. The Kier molecular flexibility index (Phi) is 8.34. The molecule has 2 N–H and O–H groups in total. The highest BCUT2D eigenvalue weighted by Gasteiger charge is 2.50. The molecule has 0 aromatic rings. The van der Waals surface area contributed by atoms with Gasteiger partial charge in [-0.1, -0.05) is 37.1 Å². The highest BCUT2D eigenvalue weighted by Crippen LogP contribution is 2.59. The van der Waals surface area contributed by atoms with Crippen LogP contribution < -0.4 is 0 Å². The van der Waals surface area contributed by atoms with E-state index in [-0.39, 0.29) is 0 Å². The lowest BCUT2D eigenvalue weighted by Crippen LogP contribution is -2.36. The molecule has 3 nitrogen and oxygen atoms in total. The molecule has 4 fully saturated rings. The second-order valence-corrected chi connectivity index (χ2v) is 11.9. The maximum Gasteiger partial charge on any atom is 0.242 e. The summed E-state index contributed by atoms with van der Waals surface area (Å²) in [6, 6.07) is 0. The molecule has 0 bridgehead atoms. The first-order chi connectivity index (χ1) is 15.8. The summed E-state index contributed by atoms with van der Waals surface area (Å²) in [6.07, 6.45) is 12.7. The summed E-state index contributed by atoms with van der Waals surface area (Å²) >= 11 is 0. The Balaban J connectivity index is 1.32. The van der Waals surface area contributed by atoms with Crippen molar-refractivity contribution in [1.29, 1.82) is 0 Å². The van der Waals surface area contributed by atoms with Crippen LogP contribution in [-0.2, 0) is 0 Å². The van der Waals surface area contributed by atoms with Crippen LogP contribution in [0.1, 0.15) is 84.5 Å². The van der Waals surface area contributed by atoms with Crippen molar-refractivity contribution in [3.63, 3.8) is 0 Å². The number of halogens is 2. The van der Waals surface area contributed by atoms with E-state index in [1.807, 2.05) is 0 Å². The van der Waals surface area contributed by atoms with Crippen molar-refractivity contribution in [3.05, 3.63) is 23.3 Å². The van der Waals surface area contributed by atoms with Crippen LogP contribution in [0.5, 0.6) is 0 Å². The number of alkyl halides is 2. The van der Waals surface area contributed by atoms with Gasteiger partial charge in [0.2, 0.25) is 6.43 Å². The van der Waals surface area contributed by atoms with Gasteiger partial charge < -0.3 is 15.1 Å². The van der Waals surface area contributed by atoms with Gasteiger partial charge in [-0.25, -0.2) is 8.78 Å². The molecule has 33 heavy (non-hydrogen) atoms. The summed E-state index contributed by atoms with van der Waals surface area (Å²) in [5.41, 5.74) is 3.12. The van der Waals surface area contributed by atoms with Gasteiger partial charge in [-0.05, 0) is 107 Å². The number of likely N-dealkylation sites (tertiary alicyclic amines) is 1. The Morgan fingerprint density at radius 3 is 2.58 bits per heavy atom. The number of hydrogen-bond acceptors (Lipinski definition) is 3. The van der Waals surface area contributed by atoms with Gasteiger partial charge in [-0.3, -0.25) is 0 Å². The van der Waals surface area contributed by atoms with Crippen molar-refractivity contribution < 1.29 is 19.0 Å². The lowest BCUT2D eigenvalue weighted by Gasteiger charge is -2.44. The second-order valence-electron chi connectivity index (χ2n) is 11.9. The van der Waals surface area contributed by atoms with E-state index < -0.39 is 24.6 Å². The average molecular weight is 466 g/mol. The van der Waals surface area contributed by atoms with Crippen LogP contribution >= 0.6 is 0 Å². The van der Waals surface area contributed by atoms with Crippen LogP contribution in [0.3, 0.4) is 0 Å². The summed E-state index contributed by atoms with van der Waals surface area (Å²) in [5, 5.41) is 20.0. The van der Waals surface area contributed by atoms with Gasteiger partial charge in [-0.15, -0.1) is 0 Å². The zero-order valence-electron chi connectivity index (χ0n) is 20.7. The Labute approximate surface area is 199 Å². The highest BCUT2D eigenvalue weighted by atomic mass is 19.3. The fourth-order valence-electron chi connectivity index (χ4n) is 7.85. The lowest BCUT2D eigenvalue weighted by atomic mass is 9.60. The predicted molar refractivity (Wildman–Crippen MR) is 129 cm³/mol. The standard InChI is InChI=1S/C28H45F2NO2/c1-19(5-4-13-31-14-11-22(18-31)27(29)30)25-9-10-26-21(6-3-12-28(25,26)2)8-7-20-15-23(32)17-24(33)16-20/h7-8,19,22-27,32-33H,3-6,9-18H2,1-2H3/b21-8+/t19?,22-,23+,24+,25+,26-,28+/m0/s1. The smallest absolute Gasteiger partial charge is 0.242 e. The minimum absolute atomic E-state index is 0.363. The first-order valence-electron chi connectivity index (χ1n) is 13.5. The number of fused-ring (bicyclic) bond motifs is 1. The van der Waals surface area contributed by atoms with Crippen LogP contribution in [0.25, 0.3) is 0 Å². The Hall–Kier alpha value is -0.780. The maximum atomic E-state index is 12.9. The molecule has 188 valence electrons. The molecular weight excluding hydrogens is 420 g/mol. The number of aliphatic hydroxyl groups is 2. The van der Waals surface area contributed by atoms with Crippen molar-refractivity contribution in [1.82, 2.24) is 4.90 Å². The molecule has 1 unspecified atom stereocenters. The molecule has 0 spiro atoms. The molecule has 4 aliphatic rings. The zero-order chi connectivity index (χ0) is 23.6. The molecule has 0 aromatic carbocycles. The Bertz CT molecular complexity index is 711. The number of allylic oxidation sites excluding steroid dienone is 3. The molecule has 3 aliphatic carbocycles. The average Bonchev–Trinajstić information content (AvgIpc) is 3.36. The van der Waals surface area contributed by atoms with Crippen molar-refractivity contribution >= 4 is 0 Å². The zero-order valence-corrected chi connectivity index (χ0v) is 20.7. The number of rotatable bonds is 7. The summed E-state index contributed by atoms with van der Waals surface area (Å²) in [4.78, 5) is 2.25. The molecule has 4 rings (SSSR count). The van der Waals surface area contributed by atoms with E-state index in [0.717, 1.165) is 25.4 Å². The van der Waals surface area contributed by atoms with Crippen LogP contribution in [0.15, 0.2) is 23.3 Å². The summed E-state index contributed by atoms with van der Waals surface area (Å²) in [7, 11) is 0. The quantitative estimate of drug-likeness (QED) is 0.487. The molecule has 0 radical (unpaired) electrons. The third kappa shape index (κ3) is 5.90. The van der Waals surface area contributed by atoms with Crippen LogP contribution in [-0.4, -0.2) is 53.4 Å². The van der Waals surface area contributed by atoms with Gasteiger partial charge in [0, 0.05) is 12.5 Å². The van der Waals surface area contributed by atoms with Gasteiger partial charge in [0.25, 0.3) is 0 Å². The molecule has 0 aromatic heterocycles. The van der Waals surface area contributed by atoms with E-state index in [0.29, 0.717) is 49.5 Å². The third-order valence-corrected chi connectivity index (χ3v) is 9.60. The molecule has 7 atom stereocenters. The lowest BCUT2D eigenvalue weighted by molar-refractivity contribution is 0.0609. The fraction of sp³-hybridized carbons (Fsp3) is 0.857. The number of nitrogens with zero attached hydrogens (tertiary/aromatic N) is 1. The van der Waals surface area contributed by atoms with Gasteiger partial charge in [0.05, 0.1) is 12.2 Å². The molecule has 5 heteroatoms. The Morgan fingerprint density at radius 1 is 1.12 bits per heavy atom. The monoisotopic (exact) mass is 465 g/mol. The maximum absolute atomic E-state index is 12.9. The number of hydrogen-bond donors (Lipinski definition) is 2. The van der Waals surface area contributed by atoms with Crippen molar-refractivity contribution in [2.75, 3.05) is 19.6 Å². The largest absolute Gasteiger partial charge is 0.393 e. The third-order valence-electron chi connectivity index (χ3n) is 9.60. The molecule has 1 heterocycles. The van der Waals surface area contributed by atoms with Gasteiger partial charge >= 0.3 is 0 Å². The first kappa shape index (κ1) is 25.3. The van der Waals surface area contributed by atoms with E-state index in [9.17, 15) is 19.0 Å². The molecule has 1 saturated heterocycles. The van der Waals surface area contributed by atoms with E-state index in [1.165, 1.54) is 44.1 Å². The second kappa shape index (κ2) is 10.9. The predicted octanol–water partition coefficient (Wildman–Crippen LogP) is 5.96. The van der Waals surface area contributed by atoms with E-state index in [4.69, 9.17) is 0 Å². The van der Waals surface area contributed by atoms with Crippen LogP contribution in [0, 0.1) is 29.1 Å². The minimum Gasteiger partial charge on any atom is -0.393 e. The minimum atomic E-state index is -2.17. The normalized spacial score (nSPS) is 39.9. The van der Waals surface area contributed by atoms with Crippen molar-refractivity contribution in [2.24, 2.45) is 29.1 Å². The van der Waals surface area contributed by atoms with Crippen LogP contribution in [0.2, 0.25) is 0 Å². The van der Waals surface area contributed by atoms with E-state index >= 15 is 0 Å².